The van der Waals surface area contributed by atoms with Crippen molar-refractivity contribution < 1.29 is 0 Å². The van der Waals surface area contributed by atoms with E-state index in [-0.39, 0.29) is 0 Å². The van der Waals surface area contributed by atoms with Crippen molar-refractivity contribution in [2.24, 2.45) is 5.41 Å². The Morgan fingerprint density at radius 3 is 2.38 bits per heavy atom. The van der Waals surface area contributed by atoms with Gasteiger partial charge in [0, 0.05) is 19.6 Å². The number of nitrogens with zero attached hydrogens (tertiary/aromatic N) is 1. The van der Waals surface area contributed by atoms with Crippen LogP contribution in [0.2, 0.25) is 0 Å². The summed E-state index contributed by atoms with van der Waals surface area (Å²) in [6.45, 7) is 8.82. The molecule has 2 rings (SSSR count). The fourth-order valence-corrected chi connectivity index (χ4v) is 3.22. The number of hydrogen-bond donors (Lipinski definition) is 1. The van der Waals surface area contributed by atoms with Crippen LogP contribution in [0.4, 0.5) is 0 Å². The second kappa shape index (κ2) is 6.02. The van der Waals surface area contributed by atoms with E-state index in [4.69, 9.17) is 0 Å². The molecule has 0 spiro atoms. The Hall–Kier alpha value is -0.0800. The van der Waals surface area contributed by atoms with Crippen molar-refractivity contribution in [1.82, 2.24) is 10.2 Å². The van der Waals surface area contributed by atoms with E-state index in [0.717, 1.165) is 0 Å². The molecule has 1 saturated heterocycles. The first-order valence-corrected chi connectivity index (χ1v) is 7.22. The minimum atomic E-state index is 0.600. The lowest BCUT2D eigenvalue weighted by Crippen LogP contribution is -2.37. The summed E-state index contributed by atoms with van der Waals surface area (Å²) in [6, 6.07) is 0. The molecular formula is C14H28N2. The molecule has 16 heavy (non-hydrogen) atoms. The summed E-state index contributed by atoms with van der Waals surface area (Å²) in [5.74, 6) is 0. The van der Waals surface area contributed by atoms with Crippen LogP contribution in [0.15, 0.2) is 0 Å². The molecule has 1 heterocycles. The highest BCUT2D eigenvalue weighted by Gasteiger charge is 2.25. The summed E-state index contributed by atoms with van der Waals surface area (Å²) >= 11 is 0. The quantitative estimate of drug-likeness (QED) is 0.722. The van der Waals surface area contributed by atoms with Crippen molar-refractivity contribution in [1.29, 1.82) is 0 Å². The summed E-state index contributed by atoms with van der Waals surface area (Å²) in [5, 5.41) is 3.68. The number of nitrogens with one attached hydrogen (secondary N) is 1. The van der Waals surface area contributed by atoms with Crippen molar-refractivity contribution in [2.75, 3.05) is 32.7 Å². The monoisotopic (exact) mass is 224 g/mol. The van der Waals surface area contributed by atoms with Crippen LogP contribution in [0.3, 0.4) is 0 Å². The van der Waals surface area contributed by atoms with Crippen LogP contribution >= 0.6 is 0 Å². The van der Waals surface area contributed by atoms with Gasteiger partial charge >= 0.3 is 0 Å². The predicted molar refractivity (Wildman–Crippen MR) is 69.7 cm³/mol. The predicted octanol–water partition coefficient (Wildman–Crippen LogP) is 2.64. The fourth-order valence-electron chi connectivity index (χ4n) is 3.22. The molecular weight excluding hydrogens is 196 g/mol. The highest BCUT2D eigenvalue weighted by atomic mass is 15.1. The van der Waals surface area contributed by atoms with Crippen molar-refractivity contribution in [2.45, 2.75) is 51.9 Å². The van der Waals surface area contributed by atoms with Crippen molar-refractivity contribution in [3.8, 4) is 0 Å². The molecule has 0 aromatic carbocycles. The van der Waals surface area contributed by atoms with Crippen LogP contribution in [-0.4, -0.2) is 37.6 Å². The molecule has 2 nitrogen and oxygen atoms in total. The SMILES string of the molecule is CC1(CNCCN2CCCC2)CCCCC1. The van der Waals surface area contributed by atoms with Gasteiger partial charge in [0.2, 0.25) is 0 Å². The van der Waals surface area contributed by atoms with Gasteiger partial charge in [-0.1, -0.05) is 26.2 Å². The Kier molecular flexibility index (Phi) is 4.66. The highest BCUT2D eigenvalue weighted by molar-refractivity contribution is 4.80. The third kappa shape index (κ3) is 3.74. The summed E-state index contributed by atoms with van der Waals surface area (Å²) in [4.78, 5) is 2.59. The average molecular weight is 224 g/mol. The molecule has 0 bridgehead atoms. The van der Waals surface area contributed by atoms with E-state index in [1.165, 1.54) is 77.7 Å². The first-order valence-electron chi connectivity index (χ1n) is 7.22. The first kappa shape index (κ1) is 12.4. The number of rotatable bonds is 5. The van der Waals surface area contributed by atoms with Crippen LogP contribution in [0.1, 0.15) is 51.9 Å². The van der Waals surface area contributed by atoms with Crippen LogP contribution in [-0.2, 0) is 0 Å². The van der Waals surface area contributed by atoms with E-state index >= 15 is 0 Å². The average Bonchev–Trinajstić information content (AvgIpc) is 2.78. The van der Waals surface area contributed by atoms with E-state index in [9.17, 15) is 0 Å². The molecule has 0 unspecified atom stereocenters. The van der Waals surface area contributed by atoms with Crippen molar-refractivity contribution in [3.63, 3.8) is 0 Å². The van der Waals surface area contributed by atoms with E-state index in [0.29, 0.717) is 5.41 Å². The lowest BCUT2D eigenvalue weighted by Gasteiger charge is -2.34. The van der Waals surface area contributed by atoms with Crippen molar-refractivity contribution >= 4 is 0 Å². The highest BCUT2D eigenvalue weighted by Crippen LogP contribution is 2.34. The maximum atomic E-state index is 3.68. The second-order valence-corrected chi connectivity index (χ2v) is 6.10. The summed E-state index contributed by atoms with van der Waals surface area (Å²) in [7, 11) is 0. The Morgan fingerprint density at radius 1 is 1.00 bits per heavy atom. The normalized spacial score (nSPS) is 26.1. The zero-order chi connectivity index (χ0) is 11.3. The topological polar surface area (TPSA) is 15.3 Å². The van der Waals surface area contributed by atoms with Gasteiger partial charge < -0.3 is 10.2 Å². The maximum absolute atomic E-state index is 3.68. The lowest BCUT2D eigenvalue weighted by molar-refractivity contribution is 0.204. The standard InChI is InChI=1S/C14H28N2/c1-14(7-3-2-4-8-14)13-15-9-12-16-10-5-6-11-16/h15H,2-13H2,1H3. The molecule has 0 amide bonds. The van der Waals surface area contributed by atoms with Crippen LogP contribution in [0.25, 0.3) is 0 Å². The molecule has 94 valence electrons. The second-order valence-electron chi connectivity index (χ2n) is 6.10. The van der Waals surface area contributed by atoms with Gasteiger partial charge in [-0.05, 0) is 44.2 Å². The molecule has 2 heteroatoms. The molecule has 0 aromatic heterocycles. The molecule has 1 aliphatic heterocycles. The Morgan fingerprint density at radius 2 is 1.69 bits per heavy atom. The summed E-state index contributed by atoms with van der Waals surface area (Å²) in [5.41, 5.74) is 0.600. The Labute approximate surface area is 101 Å². The summed E-state index contributed by atoms with van der Waals surface area (Å²) < 4.78 is 0. The minimum absolute atomic E-state index is 0.600. The van der Waals surface area contributed by atoms with E-state index in [1.54, 1.807) is 0 Å². The van der Waals surface area contributed by atoms with E-state index in [2.05, 4.69) is 17.1 Å². The minimum Gasteiger partial charge on any atom is -0.315 e. The van der Waals surface area contributed by atoms with Gasteiger partial charge in [-0.25, -0.2) is 0 Å². The molecule has 2 fully saturated rings. The number of likely N-dealkylation sites (tertiary alicyclic amines) is 1. The summed E-state index contributed by atoms with van der Waals surface area (Å²) in [6.07, 6.45) is 10.1. The zero-order valence-corrected chi connectivity index (χ0v) is 10.9. The van der Waals surface area contributed by atoms with Crippen molar-refractivity contribution in [3.05, 3.63) is 0 Å². The molecule has 0 aromatic rings. The third-order valence-electron chi connectivity index (χ3n) is 4.42. The molecule has 0 radical (unpaired) electrons. The lowest BCUT2D eigenvalue weighted by atomic mass is 9.76. The van der Waals surface area contributed by atoms with E-state index < -0.39 is 0 Å². The Balaban J connectivity index is 1.56. The maximum Gasteiger partial charge on any atom is 0.0107 e. The largest absolute Gasteiger partial charge is 0.315 e. The zero-order valence-electron chi connectivity index (χ0n) is 10.9. The first-order chi connectivity index (χ1) is 7.79. The van der Waals surface area contributed by atoms with Gasteiger partial charge in [0.25, 0.3) is 0 Å². The molecule has 1 aliphatic carbocycles. The Bertz CT molecular complexity index is 191. The van der Waals surface area contributed by atoms with Gasteiger partial charge in [0.15, 0.2) is 0 Å². The smallest absolute Gasteiger partial charge is 0.0107 e. The van der Waals surface area contributed by atoms with Gasteiger partial charge in [0.05, 0.1) is 0 Å². The van der Waals surface area contributed by atoms with Crippen LogP contribution in [0, 0.1) is 5.41 Å². The molecule has 2 aliphatic rings. The van der Waals surface area contributed by atoms with Gasteiger partial charge in [-0.2, -0.15) is 0 Å². The van der Waals surface area contributed by atoms with Gasteiger partial charge in [0.1, 0.15) is 0 Å². The number of hydrogen-bond acceptors (Lipinski definition) is 2. The molecule has 1 saturated carbocycles. The third-order valence-corrected chi connectivity index (χ3v) is 4.42. The molecule has 0 atom stereocenters. The molecule has 1 N–H and O–H groups in total. The van der Waals surface area contributed by atoms with Gasteiger partial charge in [-0.3, -0.25) is 0 Å². The van der Waals surface area contributed by atoms with E-state index in [1.807, 2.05) is 0 Å². The van der Waals surface area contributed by atoms with Gasteiger partial charge in [-0.15, -0.1) is 0 Å². The van der Waals surface area contributed by atoms with Crippen LogP contribution < -0.4 is 5.32 Å². The fraction of sp³-hybridized carbons (Fsp3) is 1.00. The van der Waals surface area contributed by atoms with Crippen LogP contribution in [0.5, 0.6) is 0 Å².